The van der Waals surface area contributed by atoms with E-state index in [0.717, 1.165) is 10.4 Å². The van der Waals surface area contributed by atoms with E-state index >= 15 is 0 Å². The Hall–Kier alpha value is -2.87. The van der Waals surface area contributed by atoms with Crippen LogP contribution in [0.15, 0.2) is 30.3 Å². The highest BCUT2D eigenvalue weighted by molar-refractivity contribution is 7.14. The number of ketones is 1. The Morgan fingerprint density at radius 2 is 1.81 bits per heavy atom. The van der Waals surface area contributed by atoms with Gasteiger partial charge in [0.05, 0.1) is 4.88 Å². The molecule has 2 aromatic rings. The number of benzene rings is 1. The summed E-state index contributed by atoms with van der Waals surface area (Å²) in [6, 6.07) is 8.95. The van der Waals surface area contributed by atoms with E-state index in [0.29, 0.717) is 29.3 Å². The molecule has 1 aromatic heterocycles. The Morgan fingerprint density at radius 1 is 1.04 bits per heavy atom. The monoisotopic (exact) mass is 374 g/mol. The van der Waals surface area contributed by atoms with Gasteiger partial charge in [-0.1, -0.05) is 6.07 Å². The number of hydrogen-bond donors (Lipinski definition) is 2. The van der Waals surface area contributed by atoms with E-state index in [2.05, 4.69) is 10.6 Å². The van der Waals surface area contributed by atoms with Gasteiger partial charge >= 0.3 is 11.8 Å². The van der Waals surface area contributed by atoms with E-state index in [-0.39, 0.29) is 19.1 Å². The first kappa shape index (κ1) is 17.9. The summed E-state index contributed by atoms with van der Waals surface area (Å²) in [6.07, 6.45) is 0.569. The van der Waals surface area contributed by atoms with Crippen molar-refractivity contribution in [3.8, 4) is 11.5 Å². The minimum absolute atomic E-state index is 0.0215. The summed E-state index contributed by atoms with van der Waals surface area (Å²) in [6.45, 7) is 2.25. The fourth-order valence-corrected chi connectivity index (χ4v) is 3.30. The van der Waals surface area contributed by atoms with Gasteiger partial charge in [0.2, 0.25) is 6.79 Å². The summed E-state index contributed by atoms with van der Waals surface area (Å²) in [7, 11) is 0. The van der Waals surface area contributed by atoms with Gasteiger partial charge in [0.25, 0.3) is 0 Å². The van der Waals surface area contributed by atoms with Gasteiger partial charge in [0, 0.05) is 18.0 Å². The molecule has 0 spiro atoms. The van der Waals surface area contributed by atoms with E-state index < -0.39 is 11.8 Å². The van der Waals surface area contributed by atoms with Crippen molar-refractivity contribution in [1.29, 1.82) is 0 Å². The fourth-order valence-electron chi connectivity index (χ4n) is 2.39. The molecule has 0 aliphatic carbocycles. The highest BCUT2D eigenvalue weighted by Gasteiger charge is 2.15. The summed E-state index contributed by atoms with van der Waals surface area (Å²) in [5.74, 6) is -0.0676. The molecular weight excluding hydrogens is 356 g/mol. The lowest BCUT2D eigenvalue weighted by molar-refractivity contribution is -0.139. The number of hydrogen-bond acceptors (Lipinski definition) is 6. The van der Waals surface area contributed by atoms with Gasteiger partial charge in [-0.3, -0.25) is 14.4 Å². The molecule has 1 aromatic carbocycles. The van der Waals surface area contributed by atoms with Crippen molar-refractivity contribution >= 4 is 28.9 Å². The van der Waals surface area contributed by atoms with Crippen LogP contribution in [0, 0.1) is 0 Å². The summed E-state index contributed by atoms with van der Waals surface area (Å²) in [5, 5.41) is 5.14. The average Bonchev–Trinajstić information content (AvgIpc) is 3.28. The molecule has 0 saturated carbocycles. The predicted molar refractivity (Wildman–Crippen MR) is 95.4 cm³/mol. The number of thiophene rings is 1. The van der Waals surface area contributed by atoms with Crippen molar-refractivity contribution in [3.63, 3.8) is 0 Å². The van der Waals surface area contributed by atoms with Crippen LogP contribution in [0.5, 0.6) is 11.5 Å². The highest BCUT2D eigenvalue weighted by Crippen LogP contribution is 2.32. The van der Waals surface area contributed by atoms with Crippen molar-refractivity contribution in [3.05, 3.63) is 45.6 Å². The first-order valence-corrected chi connectivity index (χ1v) is 8.89. The number of rotatable bonds is 6. The average molecular weight is 374 g/mol. The van der Waals surface area contributed by atoms with Gasteiger partial charge in [-0.2, -0.15) is 0 Å². The maximum Gasteiger partial charge on any atom is 0.309 e. The minimum atomic E-state index is -0.696. The first-order chi connectivity index (χ1) is 12.5. The highest BCUT2D eigenvalue weighted by atomic mass is 32.1. The third-order valence-corrected chi connectivity index (χ3v) is 5.01. The predicted octanol–water partition coefficient (Wildman–Crippen LogP) is 1.65. The molecule has 2 amide bonds. The molecule has 0 saturated heterocycles. The van der Waals surface area contributed by atoms with Crippen LogP contribution in [0.25, 0.3) is 0 Å². The lowest BCUT2D eigenvalue weighted by Gasteiger charge is -2.07. The number of amides is 2. The number of nitrogens with one attached hydrogen (secondary N) is 2. The Bertz CT molecular complexity index is 846. The molecule has 3 rings (SSSR count). The van der Waals surface area contributed by atoms with Gasteiger partial charge < -0.3 is 20.1 Å². The SMILES string of the molecule is CC(=O)c1ccc(CCNC(=O)C(=O)NCc2ccc3c(c2)OCO3)s1. The van der Waals surface area contributed by atoms with E-state index in [1.54, 1.807) is 24.3 Å². The molecule has 2 heterocycles. The molecule has 1 aliphatic heterocycles. The lowest BCUT2D eigenvalue weighted by atomic mass is 10.2. The van der Waals surface area contributed by atoms with Gasteiger partial charge in [-0.05, 0) is 43.2 Å². The molecule has 8 heteroatoms. The molecule has 0 radical (unpaired) electrons. The van der Waals surface area contributed by atoms with Gasteiger partial charge in [0.1, 0.15) is 0 Å². The van der Waals surface area contributed by atoms with Crippen LogP contribution < -0.4 is 20.1 Å². The molecule has 0 bridgehead atoms. The van der Waals surface area contributed by atoms with E-state index in [1.165, 1.54) is 18.3 Å². The van der Waals surface area contributed by atoms with Gasteiger partial charge in [0.15, 0.2) is 17.3 Å². The summed E-state index contributed by atoms with van der Waals surface area (Å²) in [4.78, 5) is 36.6. The zero-order chi connectivity index (χ0) is 18.5. The second-order valence-electron chi connectivity index (χ2n) is 5.70. The molecule has 0 fully saturated rings. The first-order valence-electron chi connectivity index (χ1n) is 8.07. The van der Waals surface area contributed by atoms with E-state index in [1.807, 2.05) is 6.07 Å². The Labute approximate surface area is 154 Å². The second kappa shape index (κ2) is 8.01. The number of carbonyl (C=O) groups excluding carboxylic acids is 3. The quantitative estimate of drug-likeness (QED) is 0.592. The van der Waals surface area contributed by atoms with Crippen LogP contribution >= 0.6 is 11.3 Å². The van der Waals surface area contributed by atoms with Crippen molar-refractivity contribution in [2.75, 3.05) is 13.3 Å². The summed E-state index contributed by atoms with van der Waals surface area (Å²) < 4.78 is 10.5. The lowest BCUT2D eigenvalue weighted by Crippen LogP contribution is -2.40. The summed E-state index contributed by atoms with van der Waals surface area (Å²) in [5.41, 5.74) is 0.811. The Kier molecular flexibility index (Phi) is 5.52. The van der Waals surface area contributed by atoms with Crippen molar-refractivity contribution in [2.24, 2.45) is 0 Å². The number of fused-ring (bicyclic) bond motifs is 1. The third kappa shape index (κ3) is 4.40. The molecule has 1 aliphatic rings. The van der Waals surface area contributed by atoms with E-state index in [9.17, 15) is 14.4 Å². The number of carbonyl (C=O) groups is 3. The number of Topliss-reactive ketones (excluding diaryl/α,β-unsaturated/α-hetero) is 1. The van der Waals surface area contributed by atoms with Gasteiger partial charge in [-0.25, -0.2) is 0 Å². The molecule has 26 heavy (non-hydrogen) atoms. The third-order valence-electron chi connectivity index (χ3n) is 3.76. The smallest absolute Gasteiger partial charge is 0.309 e. The van der Waals surface area contributed by atoms with Crippen molar-refractivity contribution in [1.82, 2.24) is 10.6 Å². The molecule has 136 valence electrons. The van der Waals surface area contributed by atoms with Crippen LogP contribution in [-0.2, 0) is 22.6 Å². The normalized spacial score (nSPS) is 11.9. The molecule has 2 N–H and O–H groups in total. The Balaban J connectivity index is 1.41. The topological polar surface area (TPSA) is 93.7 Å². The largest absolute Gasteiger partial charge is 0.454 e. The maximum atomic E-state index is 11.9. The van der Waals surface area contributed by atoms with E-state index in [4.69, 9.17) is 9.47 Å². The van der Waals surface area contributed by atoms with Crippen LogP contribution in [0.2, 0.25) is 0 Å². The standard InChI is InChI=1S/C18H18N2O5S/c1-11(21)16-5-3-13(26-16)6-7-19-17(22)18(23)20-9-12-2-4-14-15(8-12)25-10-24-14/h2-5,8H,6-7,9-10H2,1H3,(H,19,22)(H,20,23). The summed E-state index contributed by atoms with van der Waals surface area (Å²) >= 11 is 1.39. The molecule has 0 atom stereocenters. The van der Waals surface area contributed by atoms with Crippen LogP contribution in [0.4, 0.5) is 0 Å². The van der Waals surface area contributed by atoms with Crippen LogP contribution in [0.3, 0.4) is 0 Å². The van der Waals surface area contributed by atoms with Crippen LogP contribution in [0.1, 0.15) is 27.0 Å². The Morgan fingerprint density at radius 3 is 2.58 bits per heavy atom. The zero-order valence-corrected chi connectivity index (χ0v) is 15.0. The van der Waals surface area contributed by atoms with Crippen molar-refractivity contribution < 1.29 is 23.9 Å². The number of ether oxygens (including phenoxy) is 2. The minimum Gasteiger partial charge on any atom is -0.454 e. The molecule has 0 unspecified atom stereocenters. The zero-order valence-electron chi connectivity index (χ0n) is 14.2. The molecular formula is C18H18N2O5S. The fraction of sp³-hybridized carbons (Fsp3) is 0.278. The van der Waals surface area contributed by atoms with Crippen molar-refractivity contribution in [2.45, 2.75) is 19.9 Å². The molecule has 7 nitrogen and oxygen atoms in total. The second-order valence-corrected chi connectivity index (χ2v) is 6.87. The van der Waals surface area contributed by atoms with Crippen LogP contribution in [-0.4, -0.2) is 30.9 Å². The van der Waals surface area contributed by atoms with Gasteiger partial charge in [-0.15, -0.1) is 11.3 Å². The maximum absolute atomic E-state index is 11.9.